The molecule has 5 rings (SSSR count). The molecule has 1 aliphatic rings. The van der Waals surface area contributed by atoms with Crippen LogP contribution in [0.25, 0.3) is 11.2 Å². The van der Waals surface area contributed by atoms with Crippen LogP contribution in [0, 0.1) is 0 Å². The molecule has 0 spiro atoms. The molecule has 1 N–H and O–H groups in total. The maximum atomic E-state index is 12.9. The van der Waals surface area contributed by atoms with Gasteiger partial charge in [-0.2, -0.15) is 0 Å². The molecule has 0 saturated carbocycles. The molecule has 0 bridgehead atoms. The Morgan fingerprint density at radius 3 is 2.63 bits per heavy atom. The Kier molecular flexibility index (Phi) is 8.50. The lowest BCUT2D eigenvalue weighted by atomic mass is 10.0. The van der Waals surface area contributed by atoms with E-state index in [9.17, 15) is 19.2 Å². The van der Waals surface area contributed by atoms with Gasteiger partial charge in [0.2, 0.25) is 5.91 Å². The number of H-pyrrole nitrogens is 1. The van der Waals surface area contributed by atoms with Gasteiger partial charge in [-0.25, -0.2) is 14.8 Å². The lowest BCUT2D eigenvalue weighted by Gasteiger charge is -2.32. The lowest BCUT2D eigenvalue weighted by Crippen LogP contribution is -2.47. The maximum Gasteiger partial charge on any atom is 0.332 e. The summed E-state index contributed by atoms with van der Waals surface area (Å²) < 4.78 is 15.2. The number of carbonyl (C=O) groups excluding carboxylic acids is 2. The number of carbonyl (C=O) groups is 2. The van der Waals surface area contributed by atoms with Crippen molar-refractivity contribution in [2.24, 2.45) is 7.05 Å². The largest absolute Gasteiger partial charge is 0.373 e. The van der Waals surface area contributed by atoms with Gasteiger partial charge in [0.1, 0.15) is 18.5 Å². The highest BCUT2D eigenvalue weighted by Crippen LogP contribution is 2.20. The van der Waals surface area contributed by atoms with Crippen LogP contribution in [-0.2, 0) is 34.3 Å². The molecule has 0 atom stereocenters. The van der Waals surface area contributed by atoms with E-state index >= 15 is 0 Å². The van der Waals surface area contributed by atoms with Gasteiger partial charge in [-0.05, 0) is 31.4 Å². The van der Waals surface area contributed by atoms with Gasteiger partial charge in [0.25, 0.3) is 11.5 Å². The number of amides is 1. The smallest absolute Gasteiger partial charge is 0.332 e. The van der Waals surface area contributed by atoms with Crippen molar-refractivity contribution in [3.8, 4) is 0 Å². The van der Waals surface area contributed by atoms with Crippen LogP contribution in [0.15, 0.2) is 46.8 Å². The number of rotatable bonds is 10. The van der Waals surface area contributed by atoms with Gasteiger partial charge in [0.15, 0.2) is 5.65 Å². The molecule has 0 unspecified atom stereocenters. The summed E-state index contributed by atoms with van der Waals surface area (Å²) >= 11 is 0. The van der Waals surface area contributed by atoms with E-state index in [2.05, 4.69) is 19.9 Å². The van der Waals surface area contributed by atoms with E-state index in [1.807, 2.05) is 6.92 Å². The number of hydrogen-bond acceptors (Lipinski definition) is 9. The van der Waals surface area contributed by atoms with Crippen LogP contribution in [-0.4, -0.2) is 83.3 Å². The van der Waals surface area contributed by atoms with Gasteiger partial charge in [-0.15, -0.1) is 0 Å². The number of piperidine rings is 1. The van der Waals surface area contributed by atoms with Crippen molar-refractivity contribution >= 4 is 23.0 Å². The molecule has 0 aromatic carbocycles. The van der Waals surface area contributed by atoms with E-state index in [0.29, 0.717) is 60.5 Å². The molecule has 41 heavy (non-hydrogen) atoms. The monoisotopic (exact) mass is 564 g/mol. The summed E-state index contributed by atoms with van der Waals surface area (Å²) in [6.07, 6.45) is 7.58. The van der Waals surface area contributed by atoms with Gasteiger partial charge in [0.05, 0.1) is 43.1 Å². The molecule has 1 amide bonds. The van der Waals surface area contributed by atoms with Crippen molar-refractivity contribution in [3.63, 3.8) is 0 Å². The van der Waals surface area contributed by atoms with Crippen molar-refractivity contribution in [3.05, 3.63) is 75.0 Å². The molecular formula is C27H32N8O6. The summed E-state index contributed by atoms with van der Waals surface area (Å²) in [4.78, 5) is 67.9. The molecule has 4 aromatic heterocycles. The Bertz CT molecular complexity index is 1650. The van der Waals surface area contributed by atoms with Gasteiger partial charge in [0, 0.05) is 38.6 Å². The number of aromatic nitrogens is 7. The number of aryl methyl sites for hydroxylation is 2. The minimum Gasteiger partial charge on any atom is -0.373 e. The van der Waals surface area contributed by atoms with Crippen molar-refractivity contribution in [1.29, 1.82) is 0 Å². The zero-order chi connectivity index (χ0) is 28.9. The average Bonchev–Trinajstić information content (AvgIpc) is 3.71. The second-order valence-corrected chi connectivity index (χ2v) is 9.76. The SMILES string of the molecule is CCc1nc(COCCOCC(=O)N2CCC(n3c(=O)c4[nH]cnc4n(C)c3=O)CC2)ccc1C(=O)n1ccnc1. The Labute approximate surface area is 234 Å². The Morgan fingerprint density at radius 2 is 1.90 bits per heavy atom. The molecule has 1 fully saturated rings. The molecule has 14 nitrogen and oxygen atoms in total. The highest BCUT2D eigenvalue weighted by Gasteiger charge is 2.27. The predicted octanol–water partition coefficient (Wildman–Crippen LogP) is 0.663. The first-order chi connectivity index (χ1) is 19.9. The molecule has 216 valence electrons. The number of imidazole rings is 2. The van der Waals surface area contributed by atoms with E-state index in [-0.39, 0.29) is 44.3 Å². The molecule has 0 aliphatic carbocycles. The van der Waals surface area contributed by atoms with E-state index in [1.165, 1.54) is 26.4 Å². The van der Waals surface area contributed by atoms with Crippen LogP contribution in [0.3, 0.4) is 0 Å². The Morgan fingerprint density at radius 1 is 1.12 bits per heavy atom. The number of ether oxygens (including phenoxy) is 2. The van der Waals surface area contributed by atoms with Crippen LogP contribution in [0.4, 0.5) is 0 Å². The number of nitrogens with zero attached hydrogens (tertiary/aromatic N) is 7. The summed E-state index contributed by atoms with van der Waals surface area (Å²) in [5.41, 5.74) is 1.71. The van der Waals surface area contributed by atoms with E-state index in [0.717, 1.165) is 0 Å². The zero-order valence-electron chi connectivity index (χ0n) is 23.0. The molecular weight excluding hydrogens is 532 g/mol. The molecule has 1 aliphatic heterocycles. The Hall–Kier alpha value is -4.43. The number of hydrogen-bond donors (Lipinski definition) is 1. The summed E-state index contributed by atoms with van der Waals surface area (Å²) in [5, 5.41) is 0. The molecule has 0 radical (unpaired) electrons. The van der Waals surface area contributed by atoms with E-state index < -0.39 is 11.2 Å². The molecule has 5 heterocycles. The van der Waals surface area contributed by atoms with Crippen molar-refractivity contribution in [2.45, 2.75) is 38.8 Å². The predicted molar refractivity (Wildman–Crippen MR) is 146 cm³/mol. The molecule has 1 saturated heterocycles. The van der Waals surface area contributed by atoms with Gasteiger partial charge >= 0.3 is 5.69 Å². The number of likely N-dealkylation sites (tertiary alicyclic amines) is 1. The average molecular weight is 565 g/mol. The van der Waals surface area contributed by atoms with Crippen LogP contribution in [0.2, 0.25) is 0 Å². The first kappa shape index (κ1) is 28.1. The standard InChI is InChI=1S/C27H32N8O6/c1-3-21-20(25(37)34-11-8-28-17-34)5-4-18(31-21)14-40-12-13-41-15-22(36)33-9-6-19(7-10-33)35-26(38)23-24(30-16-29-23)32(2)27(35)39/h4-5,8,11,16-17,19H,3,6-7,9-10,12-15H2,1-2H3,(H,29,30). The Balaban J connectivity index is 1.04. The number of pyridine rings is 1. The van der Waals surface area contributed by atoms with Gasteiger partial charge in [-0.3, -0.25) is 33.1 Å². The second kappa shape index (κ2) is 12.4. The highest BCUT2D eigenvalue weighted by molar-refractivity contribution is 5.96. The van der Waals surface area contributed by atoms with Crippen LogP contribution < -0.4 is 11.2 Å². The lowest BCUT2D eigenvalue weighted by molar-refractivity contribution is -0.138. The second-order valence-electron chi connectivity index (χ2n) is 9.76. The third-order valence-corrected chi connectivity index (χ3v) is 7.23. The van der Waals surface area contributed by atoms with Gasteiger partial charge < -0.3 is 19.4 Å². The normalized spacial score (nSPS) is 14.1. The van der Waals surface area contributed by atoms with Crippen LogP contribution >= 0.6 is 0 Å². The third kappa shape index (κ3) is 5.88. The number of aromatic amines is 1. The third-order valence-electron chi connectivity index (χ3n) is 7.23. The summed E-state index contributed by atoms with van der Waals surface area (Å²) in [5.74, 6) is -0.337. The molecule has 14 heteroatoms. The van der Waals surface area contributed by atoms with E-state index in [4.69, 9.17) is 9.47 Å². The first-order valence-electron chi connectivity index (χ1n) is 13.5. The van der Waals surface area contributed by atoms with Crippen molar-refractivity contribution in [1.82, 2.24) is 38.5 Å². The van der Waals surface area contributed by atoms with Crippen LogP contribution in [0.5, 0.6) is 0 Å². The fourth-order valence-corrected chi connectivity index (χ4v) is 5.01. The number of fused-ring (bicyclic) bond motifs is 1. The quantitative estimate of drug-likeness (QED) is 0.273. The van der Waals surface area contributed by atoms with Gasteiger partial charge in [-0.1, -0.05) is 6.92 Å². The topological polar surface area (TPSA) is 159 Å². The summed E-state index contributed by atoms with van der Waals surface area (Å²) in [7, 11) is 1.59. The van der Waals surface area contributed by atoms with Crippen LogP contribution in [0.1, 0.15) is 47.6 Å². The fourth-order valence-electron chi connectivity index (χ4n) is 5.01. The highest BCUT2D eigenvalue weighted by atomic mass is 16.5. The molecule has 4 aromatic rings. The maximum absolute atomic E-state index is 12.9. The fraction of sp³-hybridized carbons (Fsp3) is 0.444. The zero-order valence-corrected chi connectivity index (χ0v) is 23.0. The summed E-state index contributed by atoms with van der Waals surface area (Å²) in [6.45, 7) is 3.45. The first-order valence-corrected chi connectivity index (χ1v) is 13.5. The van der Waals surface area contributed by atoms with Crippen molar-refractivity contribution < 1.29 is 19.1 Å². The van der Waals surface area contributed by atoms with Crippen molar-refractivity contribution in [2.75, 3.05) is 32.9 Å². The minimum absolute atomic E-state index is 0.0842. The minimum atomic E-state index is -0.414. The number of nitrogens with one attached hydrogen (secondary N) is 1. The van der Waals surface area contributed by atoms with E-state index in [1.54, 1.807) is 36.5 Å². The summed E-state index contributed by atoms with van der Waals surface area (Å²) in [6, 6.07) is 3.20.